The number of anilines is 1. The van der Waals surface area contributed by atoms with E-state index < -0.39 is 17.8 Å². The Kier molecular flexibility index (Phi) is 6.58. The number of hydrazine groups is 1. The minimum absolute atomic E-state index is 0.0286. The van der Waals surface area contributed by atoms with E-state index in [0.717, 1.165) is 29.6 Å². The number of alkyl halides is 3. The summed E-state index contributed by atoms with van der Waals surface area (Å²) >= 11 is 0. The van der Waals surface area contributed by atoms with Crippen molar-refractivity contribution in [3.05, 3.63) is 71.3 Å². The Hall–Kier alpha value is -3.53. The van der Waals surface area contributed by atoms with E-state index in [2.05, 4.69) is 31.1 Å². The second-order valence-corrected chi connectivity index (χ2v) is 6.40. The number of nitrogens with zero attached hydrogens (tertiary/aromatic N) is 3. The zero-order valence-corrected chi connectivity index (χ0v) is 15.9. The van der Waals surface area contributed by atoms with Crippen LogP contribution < -0.4 is 16.2 Å². The van der Waals surface area contributed by atoms with Crippen LogP contribution in [0.3, 0.4) is 0 Å². The van der Waals surface area contributed by atoms with Gasteiger partial charge in [-0.1, -0.05) is 12.1 Å². The Balaban J connectivity index is 1.62. The van der Waals surface area contributed by atoms with Crippen LogP contribution in [0.4, 0.5) is 18.9 Å². The van der Waals surface area contributed by atoms with Crippen LogP contribution in [0.5, 0.6) is 0 Å². The van der Waals surface area contributed by atoms with Gasteiger partial charge in [-0.05, 0) is 36.8 Å². The molecule has 0 aliphatic carbocycles. The van der Waals surface area contributed by atoms with Crippen molar-refractivity contribution in [1.29, 1.82) is 0 Å². The molecule has 156 valence electrons. The van der Waals surface area contributed by atoms with Crippen molar-refractivity contribution in [1.82, 2.24) is 15.8 Å². The quantitative estimate of drug-likeness (QED) is 0.629. The molecule has 0 spiro atoms. The van der Waals surface area contributed by atoms with E-state index in [1.54, 1.807) is 36.8 Å². The fourth-order valence-electron chi connectivity index (χ4n) is 2.57. The minimum Gasteiger partial charge on any atom is -0.327 e. The van der Waals surface area contributed by atoms with Gasteiger partial charge in [0.15, 0.2) is 0 Å². The molecular weight excluding hydrogens is 397 g/mol. The van der Waals surface area contributed by atoms with Gasteiger partial charge in [-0.25, -0.2) is 5.43 Å². The minimum atomic E-state index is -4.55. The lowest BCUT2D eigenvalue weighted by Crippen LogP contribution is -2.20. The molecule has 0 bridgehead atoms. The first-order valence-corrected chi connectivity index (χ1v) is 9.01. The fraction of sp³-hybridized carbons (Fsp3) is 0.200. The highest BCUT2D eigenvalue weighted by Gasteiger charge is 2.32. The largest absolute Gasteiger partial charge is 0.433 e. The number of carbonyl (C=O) groups excluding carboxylic acids is 1. The summed E-state index contributed by atoms with van der Waals surface area (Å²) in [6.45, 7) is 2.53. The van der Waals surface area contributed by atoms with Crippen LogP contribution in [0.15, 0.2) is 64.5 Å². The summed E-state index contributed by atoms with van der Waals surface area (Å²) in [5.41, 5.74) is 6.93. The molecule has 1 aromatic carbocycles. The molecule has 0 fully saturated rings. The summed E-state index contributed by atoms with van der Waals surface area (Å²) in [6.07, 6.45) is 1.31. The molecule has 1 aliphatic heterocycles. The van der Waals surface area contributed by atoms with Crippen molar-refractivity contribution in [2.45, 2.75) is 19.1 Å². The number of pyridine rings is 1. The van der Waals surface area contributed by atoms with Crippen molar-refractivity contribution >= 4 is 24.0 Å². The lowest BCUT2D eigenvalue weighted by molar-refractivity contribution is -0.141. The summed E-state index contributed by atoms with van der Waals surface area (Å²) in [4.78, 5) is 24.2. The van der Waals surface area contributed by atoms with Crippen LogP contribution in [0.2, 0.25) is 0 Å². The zero-order valence-electron chi connectivity index (χ0n) is 15.9. The highest BCUT2D eigenvalue weighted by Crippen LogP contribution is 2.27. The number of carbonyl (C=O) groups is 1. The van der Waals surface area contributed by atoms with E-state index >= 15 is 0 Å². The number of hydrogen-bond donors (Lipinski definition) is 3. The molecule has 3 N–H and O–H groups in total. The first-order valence-electron chi connectivity index (χ1n) is 9.01. The molecule has 1 aromatic heterocycles. The average Bonchev–Trinajstić information content (AvgIpc) is 3.24. The van der Waals surface area contributed by atoms with E-state index in [0.29, 0.717) is 12.2 Å². The summed E-state index contributed by atoms with van der Waals surface area (Å²) < 4.78 is 37.8. The molecule has 2 heterocycles. The van der Waals surface area contributed by atoms with Crippen LogP contribution in [-0.4, -0.2) is 29.9 Å². The standard InChI is InChI=1S/C20H19F3N6O/c1-13(24-7-8-25-17-11-27-28-12-17)14-3-2-4-16(9-14)29-19(30)15-5-6-18(26-10-15)20(21,22)23/h2-11,13,27-28H,12H2,1H3,(H,29,30). The predicted octanol–water partition coefficient (Wildman–Crippen LogP) is 3.50. The van der Waals surface area contributed by atoms with Crippen LogP contribution in [0.1, 0.15) is 34.6 Å². The molecule has 7 nitrogen and oxygen atoms in total. The van der Waals surface area contributed by atoms with E-state index in [4.69, 9.17) is 0 Å². The van der Waals surface area contributed by atoms with Gasteiger partial charge in [0.25, 0.3) is 5.91 Å². The Morgan fingerprint density at radius 3 is 2.77 bits per heavy atom. The second-order valence-electron chi connectivity index (χ2n) is 6.40. The van der Waals surface area contributed by atoms with Crippen LogP contribution in [0.25, 0.3) is 0 Å². The van der Waals surface area contributed by atoms with Gasteiger partial charge in [0, 0.05) is 30.5 Å². The third kappa shape index (κ3) is 5.74. The van der Waals surface area contributed by atoms with Crippen molar-refractivity contribution < 1.29 is 18.0 Å². The molecule has 30 heavy (non-hydrogen) atoms. The predicted molar refractivity (Wildman–Crippen MR) is 108 cm³/mol. The summed E-state index contributed by atoms with van der Waals surface area (Å²) in [7, 11) is 0. The number of aromatic nitrogens is 1. The monoisotopic (exact) mass is 416 g/mol. The number of halogens is 3. The van der Waals surface area contributed by atoms with Crippen molar-refractivity contribution in [2.24, 2.45) is 9.98 Å². The molecule has 0 saturated heterocycles. The van der Waals surface area contributed by atoms with Gasteiger partial charge in [-0.15, -0.1) is 0 Å². The Bertz CT molecular complexity index is 983. The van der Waals surface area contributed by atoms with Crippen LogP contribution >= 0.6 is 0 Å². The van der Waals surface area contributed by atoms with E-state index in [-0.39, 0.29) is 11.6 Å². The van der Waals surface area contributed by atoms with E-state index in [9.17, 15) is 18.0 Å². The SMILES string of the molecule is CC(N=CC=NC1=CNNC1)c1cccc(NC(=O)c2ccc(C(F)(F)F)nc2)c1. The Labute approximate surface area is 170 Å². The van der Waals surface area contributed by atoms with E-state index in [1.165, 1.54) is 0 Å². The van der Waals surface area contributed by atoms with Gasteiger partial charge in [0.2, 0.25) is 0 Å². The van der Waals surface area contributed by atoms with Gasteiger partial charge in [-0.2, -0.15) is 13.2 Å². The van der Waals surface area contributed by atoms with Crippen LogP contribution in [0, 0.1) is 0 Å². The average molecular weight is 416 g/mol. The zero-order chi connectivity index (χ0) is 21.6. The Morgan fingerprint density at radius 1 is 1.27 bits per heavy atom. The fourth-order valence-corrected chi connectivity index (χ4v) is 2.57. The topological polar surface area (TPSA) is 90.8 Å². The maximum absolute atomic E-state index is 12.6. The molecule has 2 aromatic rings. The summed E-state index contributed by atoms with van der Waals surface area (Å²) in [5.74, 6) is -0.552. The maximum atomic E-state index is 12.6. The van der Waals surface area contributed by atoms with Gasteiger partial charge >= 0.3 is 6.18 Å². The number of nitrogens with one attached hydrogen (secondary N) is 3. The lowest BCUT2D eigenvalue weighted by Gasteiger charge is -2.10. The number of benzene rings is 1. The maximum Gasteiger partial charge on any atom is 0.433 e. The number of amides is 1. The summed E-state index contributed by atoms with van der Waals surface area (Å²) in [6, 6.07) is 8.74. The van der Waals surface area contributed by atoms with Gasteiger partial charge in [0.1, 0.15) is 5.69 Å². The first kappa shape index (κ1) is 21.2. The molecule has 1 atom stereocenters. The number of aliphatic imine (C=N–C) groups is 2. The normalized spacial score (nSPS) is 15.3. The third-order valence-corrected chi connectivity index (χ3v) is 4.17. The molecule has 0 radical (unpaired) electrons. The van der Waals surface area contributed by atoms with Crippen molar-refractivity contribution in [3.63, 3.8) is 0 Å². The lowest BCUT2D eigenvalue weighted by atomic mass is 10.1. The van der Waals surface area contributed by atoms with Crippen molar-refractivity contribution in [2.75, 3.05) is 11.9 Å². The molecule has 1 unspecified atom stereocenters. The third-order valence-electron chi connectivity index (χ3n) is 4.17. The Morgan fingerprint density at radius 2 is 2.10 bits per heavy atom. The van der Waals surface area contributed by atoms with E-state index in [1.807, 2.05) is 13.0 Å². The number of hydrogen-bond acceptors (Lipinski definition) is 6. The smallest absolute Gasteiger partial charge is 0.327 e. The highest BCUT2D eigenvalue weighted by molar-refractivity contribution is 6.16. The highest BCUT2D eigenvalue weighted by atomic mass is 19.4. The molecule has 1 amide bonds. The van der Waals surface area contributed by atoms with Gasteiger partial charge < -0.3 is 10.7 Å². The second kappa shape index (κ2) is 9.31. The number of rotatable bonds is 6. The first-order chi connectivity index (χ1) is 14.3. The van der Waals surface area contributed by atoms with Gasteiger partial charge in [-0.3, -0.25) is 19.8 Å². The molecule has 1 aliphatic rings. The van der Waals surface area contributed by atoms with Crippen molar-refractivity contribution in [3.8, 4) is 0 Å². The molecule has 0 saturated carbocycles. The molecule has 10 heteroatoms. The molecular formula is C20H19F3N6O. The van der Waals surface area contributed by atoms with Crippen LogP contribution in [-0.2, 0) is 6.18 Å². The summed E-state index contributed by atoms with van der Waals surface area (Å²) in [5, 5.41) is 2.66. The molecule has 3 rings (SSSR count). The van der Waals surface area contributed by atoms with Gasteiger partial charge in [0.05, 0.1) is 23.8 Å².